The zero-order valence-electron chi connectivity index (χ0n) is 8.30. The molecular weight excluding hydrogens is 163 g/mol. The van der Waals surface area contributed by atoms with E-state index in [-0.39, 0.29) is 18.9 Å². The van der Waals surface area contributed by atoms with Gasteiger partial charge in [-0.05, 0) is 30.0 Å². The predicted octanol–water partition coefficient (Wildman–Crippen LogP) is 3.18. The molecule has 0 heterocycles. The van der Waals surface area contributed by atoms with Crippen molar-refractivity contribution in [1.29, 1.82) is 0 Å². The maximum atomic E-state index is 2.33. The second-order valence-corrected chi connectivity index (χ2v) is 3.65. The summed E-state index contributed by atoms with van der Waals surface area (Å²) in [4.78, 5) is 0. The fourth-order valence-corrected chi connectivity index (χ4v) is 2.00. The second kappa shape index (κ2) is 4.87. The van der Waals surface area contributed by atoms with Crippen LogP contribution < -0.4 is 0 Å². The average Bonchev–Trinajstić information content (AvgIpc) is 2.46. The van der Waals surface area contributed by atoms with E-state index in [0.29, 0.717) is 0 Å². The summed E-state index contributed by atoms with van der Waals surface area (Å²) in [6.45, 7) is 4.43. The van der Waals surface area contributed by atoms with Crippen LogP contribution in [0, 0.1) is 5.92 Å². The van der Waals surface area contributed by atoms with Crippen molar-refractivity contribution in [2.45, 2.75) is 26.7 Å². The van der Waals surface area contributed by atoms with Gasteiger partial charge >= 0.3 is 18.9 Å². The maximum absolute atomic E-state index is 2.33. The van der Waals surface area contributed by atoms with Crippen LogP contribution in [0.2, 0.25) is 0 Å². The molecule has 0 N–H and O–H groups in total. The number of fused-ring (bicyclic) bond motifs is 1. The van der Waals surface area contributed by atoms with E-state index in [1.54, 1.807) is 0 Å². The predicted molar refractivity (Wildman–Crippen MR) is 64.5 cm³/mol. The fourth-order valence-electron chi connectivity index (χ4n) is 2.00. The minimum absolute atomic E-state index is 0. The van der Waals surface area contributed by atoms with Gasteiger partial charge in [0.15, 0.2) is 0 Å². The van der Waals surface area contributed by atoms with Gasteiger partial charge in [0.05, 0.1) is 0 Å². The Bertz CT molecular complexity index is 339. The molecule has 1 aliphatic carbocycles. The Morgan fingerprint density at radius 2 is 1.71 bits per heavy atom. The van der Waals surface area contributed by atoms with E-state index in [9.17, 15) is 0 Å². The molecule has 0 saturated heterocycles. The summed E-state index contributed by atoms with van der Waals surface area (Å²) in [5.41, 5.74) is 4.28. The van der Waals surface area contributed by atoms with Gasteiger partial charge in [0, 0.05) is 5.92 Å². The van der Waals surface area contributed by atoms with Gasteiger partial charge in [0.1, 0.15) is 0 Å². The van der Waals surface area contributed by atoms with Crippen molar-refractivity contribution < 1.29 is 0 Å². The number of allylic oxidation sites excluding steroid dienone is 2. The van der Waals surface area contributed by atoms with E-state index in [1.807, 2.05) is 0 Å². The third-order valence-electron chi connectivity index (χ3n) is 2.61. The van der Waals surface area contributed by atoms with Crippen LogP contribution in [-0.4, -0.2) is 18.9 Å². The van der Waals surface area contributed by atoms with Gasteiger partial charge in [-0.2, -0.15) is 0 Å². The first-order valence-electron chi connectivity index (χ1n) is 4.97. The summed E-state index contributed by atoms with van der Waals surface area (Å²) >= 11 is 0. The molecule has 1 aromatic rings. The molecule has 1 aliphatic rings. The molecule has 1 heteroatoms. The van der Waals surface area contributed by atoms with Crippen LogP contribution in [0.4, 0.5) is 0 Å². The molecule has 14 heavy (non-hydrogen) atoms. The first kappa shape index (κ1) is 11.6. The van der Waals surface area contributed by atoms with Crippen molar-refractivity contribution in [3.8, 4) is 0 Å². The molecule has 2 rings (SSSR count). The summed E-state index contributed by atoms with van der Waals surface area (Å²) in [5, 5.41) is 0. The third kappa shape index (κ3) is 1.97. The zero-order chi connectivity index (χ0) is 9.26. The van der Waals surface area contributed by atoms with Crippen LogP contribution in [0.1, 0.15) is 37.8 Å². The van der Waals surface area contributed by atoms with Gasteiger partial charge in [-0.3, -0.25) is 0 Å². The number of benzene rings is 1. The Labute approximate surface area is 98.6 Å². The van der Waals surface area contributed by atoms with Gasteiger partial charge in [0.25, 0.3) is 0 Å². The van der Waals surface area contributed by atoms with Gasteiger partial charge in [-0.15, -0.1) is 0 Å². The standard InChI is InChI=1S/C13H15.Li.H/c1-3-6-11-9-10(2)12-7-4-5-8-13(11)12;;/h4-5,7-9H,3,6H2,1-2H3;;. The van der Waals surface area contributed by atoms with E-state index in [1.165, 1.54) is 35.5 Å². The molecule has 0 atom stereocenters. The van der Waals surface area contributed by atoms with Crippen LogP contribution in [0.3, 0.4) is 0 Å². The van der Waals surface area contributed by atoms with E-state index in [0.717, 1.165) is 0 Å². The van der Waals surface area contributed by atoms with Crippen molar-refractivity contribution >= 4 is 24.4 Å². The molecule has 0 unspecified atom stereocenters. The Morgan fingerprint density at radius 1 is 1.07 bits per heavy atom. The molecule has 0 nitrogen and oxygen atoms in total. The van der Waals surface area contributed by atoms with Gasteiger partial charge in [-0.25, -0.2) is 0 Å². The quantitative estimate of drug-likeness (QED) is 0.612. The summed E-state index contributed by atoms with van der Waals surface area (Å²) in [5.74, 6) is 1.51. The molecule has 1 aromatic carbocycles. The van der Waals surface area contributed by atoms with Crippen LogP contribution in [0.15, 0.2) is 30.3 Å². The Balaban J connectivity index is 0.000000980. The summed E-state index contributed by atoms with van der Waals surface area (Å²) in [6.07, 6.45) is 4.76. The van der Waals surface area contributed by atoms with Gasteiger partial charge in [0.2, 0.25) is 0 Å². The van der Waals surface area contributed by atoms with Crippen molar-refractivity contribution in [3.05, 3.63) is 47.4 Å². The van der Waals surface area contributed by atoms with Crippen LogP contribution in [-0.2, 0) is 0 Å². The van der Waals surface area contributed by atoms with Gasteiger partial charge < -0.3 is 0 Å². The second-order valence-electron chi connectivity index (χ2n) is 3.65. The molecule has 1 radical (unpaired) electrons. The summed E-state index contributed by atoms with van der Waals surface area (Å²) in [6, 6.07) is 8.68. The summed E-state index contributed by atoms with van der Waals surface area (Å²) in [7, 11) is 0. The van der Waals surface area contributed by atoms with Crippen molar-refractivity contribution in [2.24, 2.45) is 0 Å². The monoisotopic (exact) mass is 179 g/mol. The van der Waals surface area contributed by atoms with Crippen molar-refractivity contribution in [1.82, 2.24) is 0 Å². The molecule has 0 amide bonds. The Kier molecular flexibility index (Phi) is 4.05. The zero-order valence-corrected chi connectivity index (χ0v) is 8.30. The van der Waals surface area contributed by atoms with E-state index >= 15 is 0 Å². The van der Waals surface area contributed by atoms with Gasteiger partial charge in [-0.1, -0.05) is 43.7 Å². The molecular formula is C13H16Li. The van der Waals surface area contributed by atoms with Crippen LogP contribution >= 0.6 is 0 Å². The van der Waals surface area contributed by atoms with E-state index in [2.05, 4.69) is 44.2 Å². The van der Waals surface area contributed by atoms with Crippen molar-refractivity contribution in [3.63, 3.8) is 0 Å². The van der Waals surface area contributed by atoms with Crippen LogP contribution in [0.5, 0.6) is 0 Å². The molecule has 0 aromatic heterocycles. The molecule has 0 spiro atoms. The fraction of sp³-hybridized carbons (Fsp3) is 0.308. The first-order valence-corrected chi connectivity index (χ1v) is 4.97. The topological polar surface area (TPSA) is 0 Å². The normalized spacial score (nSPS) is 14.6. The molecule has 0 saturated carbocycles. The number of hydrogen-bond donors (Lipinski definition) is 0. The third-order valence-corrected chi connectivity index (χ3v) is 2.61. The Morgan fingerprint density at radius 3 is 2.36 bits per heavy atom. The average molecular weight is 179 g/mol. The number of hydrogen-bond acceptors (Lipinski definition) is 0. The number of rotatable bonds is 2. The molecule has 0 bridgehead atoms. The Hall–Kier alpha value is -0.443. The van der Waals surface area contributed by atoms with Crippen molar-refractivity contribution in [2.75, 3.05) is 0 Å². The SMILES string of the molecule is CCC[C]1C=C(C)c2ccccc21.[LiH]. The molecule has 0 aliphatic heterocycles. The first-order chi connectivity index (χ1) is 6.33. The van der Waals surface area contributed by atoms with E-state index < -0.39 is 0 Å². The molecule has 69 valence electrons. The van der Waals surface area contributed by atoms with Crippen LogP contribution in [0.25, 0.3) is 5.57 Å². The molecule has 0 fully saturated rings. The summed E-state index contributed by atoms with van der Waals surface area (Å²) < 4.78 is 0. The van der Waals surface area contributed by atoms with E-state index in [4.69, 9.17) is 0 Å². The minimum atomic E-state index is 0.